The molecule has 1 saturated carbocycles. The summed E-state index contributed by atoms with van der Waals surface area (Å²) in [6, 6.07) is 3.13. The highest BCUT2D eigenvalue weighted by Gasteiger charge is 2.17. The first-order valence-corrected chi connectivity index (χ1v) is 6.87. The van der Waals surface area contributed by atoms with Crippen molar-refractivity contribution in [2.75, 3.05) is 0 Å². The summed E-state index contributed by atoms with van der Waals surface area (Å²) in [5.74, 6) is -0.0894. The molecule has 0 amide bonds. The molecule has 0 radical (unpaired) electrons. The van der Waals surface area contributed by atoms with Crippen LogP contribution in [0.1, 0.15) is 56.6 Å². The van der Waals surface area contributed by atoms with Crippen molar-refractivity contribution in [3.05, 3.63) is 35.4 Å². The standard InChI is InChI=1S/C15H21F2N/c16-12-7-8-14(17)13(10-12)15(18)9-6-11-4-2-1-3-5-11/h7-8,10-11,15H,1-6,9,18H2. The number of nitrogens with two attached hydrogens (primary N) is 1. The van der Waals surface area contributed by atoms with Gasteiger partial charge in [-0.05, 0) is 37.0 Å². The van der Waals surface area contributed by atoms with Gasteiger partial charge in [0.2, 0.25) is 0 Å². The first-order valence-electron chi connectivity index (χ1n) is 6.87. The van der Waals surface area contributed by atoms with Crippen LogP contribution in [0.2, 0.25) is 0 Å². The lowest BCUT2D eigenvalue weighted by Crippen LogP contribution is -2.15. The third-order valence-electron chi connectivity index (χ3n) is 3.97. The monoisotopic (exact) mass is 253 g/mol. The Bertz CT molecular complexity index is 386. The molecule has 1 aromatic carbocycles. The molecule has 3 heteroatoms. The Hall–Kier alpha value is -0.960. The van der Waals surface area contributed by atoms with Crippen molar-refractivity contribution in [3.8, 4) is 0 Å². The highest BCUT2D eigenvalue weighted by Crippen LogP contribution is 2.30. The predicted octanol–water partition coefficient (Wildman–Crippen LogP) is 4.33. The van der Waals surface area contributed by atoms with Crippen molar-refractivity contribution in [2.45, 2.75) is 51.0 Å². The quantitative estimate of drug-likeness (QED) is 0.849. The molecule has 2 rings (SSSR count). The lowest BCUT2D eigenvalue weighted by atomic mass is 9.84. The van der Waals surface area contributed by atoms with Crippen molar-refractivity contribution in [1.82, 2.24) is 0 Å². The van der Waals surface area contributed by atoms with E-state index in [-0.39, 0.29) is 6.04 Å². The lowest BCUT2D eigenvalue weighted by molar-refractivity contribution is 0.323. The molecule has 0 saturated heterocycles. The Morgan fingerprint density at radius 3 is 2.61 bits per heavy atom. The third kappa shape index (κ3) is 3.52. The molecule has 1 aromatic rings. The molecule has 1 fully saturated rings. The van der Waals surface area contributed by atoms with Crippen LogP contribution in [-0.4, -0.2) is 0 Å². The van der Waals surface area contributed by atoms with E-state index in [2.05, 4.69) is 0 Å². The number of rotatable bonds is 4. The first kappa shape index (κ1) is 13.5. The number of hydrogen-bond donors (Lipinski definition) is 1. The van der Waals surface area contributed by atoms with Crippen molar-refractivity contribution in [3.63, 3.8) is 0 Å². The van der Waals surface area contributed by atoms with Crippen molar-refractivity contribution in [2.24, 2.45) is 11.7 Å². The molecule has 2 N–H and O–H groups in total. The highest BCUT2D eigenvalue weighted by atomic mass is 19.1. The smallest absolute Gasteiger partial charge is 0.128 e. The predicted molar refractivity (Wildman–Crippen MR) is 69.1 cm³/mol. The van der Waals surface area contributed by atoms with Crippen LogP contribution < -0.4 is 5.73 Å². The van der Waals surface area contributed by atoms with Gasteiger partial charge in [-0.15, -0.1) is 0 Å². The maximum Gasteiger partial charge on any atom is 0.128 e. The van der Waals surface area contributed by atoms with E-state index in [1.165, 1.54) is 38.2 Å². The molecule has 0 spiro atoms. The molecule has 0 aromatic heterocycles. The zero-order valence-electron chi connectivity index (χ0n) is 10.7. The Labute approximate surface area is 107 Å². The summed E-state index contributed by atoms with van der Waals surface area (Å²) in [6.45, 7) is 0. The van der Waals surface area contributed by atoms with Gasteiger partial charge in [-0.1, -0.05) is 32.1 Å². The minimum Gasteiger partial charge on any atom is -0.324 e. The van der Waals surface area contributed by atoms with E-state index in [0.29, 0.717) is 5.56 Å². The van der Waals surface area contributed by atoms with Gasteiger partial charge in [-0.3, -0.25) is 0 Å². The normalized spacial score (nSPS) is 18.8. The summed E-state index contributed by atoms with van der Waals surface area (Å²) in [6.07, 6.45) is 8.22. The number of benzene rings is 1. The van der Waals surface area contributed by atoms with Crippen LogP contribution in [0, 0.1) is 17.6 Å². The van der Waals surface area contributed by atoms with Gasteiger partial charge in [0.15, 0.2) is 0 Å². The Kier molecular flexibility index (Phi) is 4.70. The van der Waals surface area contributed by atoms with Crippen LogP contribution in [0.5, 0.6) is 0 Å². The van der Waals surface area contributed by atoms with E-state index < -0.39 is 11.6 Å². The Morgan fingerprint density at radius 2 is 1.89 bits per heavy atom. The molecule has 18 heavy (non-hydrogen) atoms. The Morgan fingerprint density at radius 1 is 1.17 bits per heavy atom. The van der Waals surface area contributed by atoms with Crippen LogP contribution >= 0.6 is 0 Å². The fourth-order valence-corrected chi connectivity index (χ4v) is 2.85. The van der Waals surface area contributed by atoms with Crippen LogP contribution in [-0.2, 0) is 0 Å². The molecule has 0 aliphatic heterocycles. The summed E-state index contributed by atoms with van der Waals surface area (Å²) < 4.78 is 26.6. The van der Waals surface area contributed by atoms with E-state index in [1.54, 1.807) is 0 Å². The van der Waals surface area contributed by atoms with Gasteiger partial charge in [0, 0.05) is 11.6 Å². The van der Waals surface area contributed by atoms with Gasteiger partial charge in [-0.25, -0.2) is 8.78 Å². The molecule has 1 unspecified atom stereocenters. The maximum atomic E-state index is 13.5. The van der Waals surface area contributed by atoms with Crippen molar-refractivity contribution >= 4 is 0 Å². The number of hydrogen-bond acceptors (Lipinski definition) is 1. The van der Waals surface area contributed by atoms with Crippen molar-refractivity contribution < 1.29 is 8.78 Å². The molecule has 0 bridgehead atoms. The van der Waals surface area contributed by atoms with Gasteiger partial charge >= 0.3 is 0 Å². The molecule has 1 atom stereocenters. The molecule has 0 heterocycles. The summed E-state index contributed by atoms with van der Waals surface area (Å²) in [4.78, 5) is 0. The van der Waals surface area contributed by atoms with E-state index in [4.69, 9.17) is 5.73 Å². The summed E-state index contributed by atoms with van der Waals surface area (Å²) in [5, 5.41) is 0. The second-order valence-electron chi connectivity index (χ2n) is 5.35. The largest absolute Gasteiger partial charge is 0.324 e. The van der Waals surface area contributed by atoms with Crippen molar-refractivity contribution in [1.29, 1.82) is 0 Å². The summed E-state index contributed by atoms with van der Waals surface area (Å²) in [5.41, 5.74) is 6.29. The van der Waals surface area contributed by atoms with E-state index >= 15 is 0 Å². The molecule has 100 valence electrons. The van der Waals surface area contributed by atoms with E-state index in [0.717, 1.165) is 30.9 Å². The van der Waals surface area contributed by atoms with Crippen LogP contribution in [0.15, 0.2) is 18.2 Å². The minimum absolute atomic E-state index is 0.311. The average molecular weight is 253 g/mol. The van der Waals surface area contributed by atoms with Gasteiger partial charge in [0.1, 0.15) is 11.6 Å². The average Bonchev–Trinajstić information content (AvgIpc) is 2.40. The van der Waals surface area contributed by atoms with Gasteiger partial charge < -0.3 is 5.73 Å². The molecular weight excluding hydrogens is 232 g/mol. The topological polar surface area (TPSA) is 26.0 Å². The fraction of sp³-hybridized carbons (Fsp3) is 0.600. The van der Waals surface area contributed by atoms with E-state index in [9.17, 15) is 8.78 Å². The van der Waals surface area contributed by atoms with Gasteiger partial charge in [0.05, 0.1) is 0 Å². The zero-order chi connectivity index (χ0) is 13.0. The fourth-order valence-electron chi connectivity index (χ4n) is 2.85. The van der Waals surface area contributed by atoms with Gasteiger partial charge in [0.25, 0.3) is 0 Å². The second kappa shape index (κ2) is 6.28. The minimum atomic E-state index is -0.417. The molecule has 1 aliphatic rings. The van der Waals surface area contributed by atoms with Gasteiger partial charge in [-0.2, -0.15) is 0 Å². The zero-order valence-corrected chi connectivity index (χ0v) is 10.7. The molecular formula is C15H21F2N. The van der Waals surface area contributed by atoms with E-state index in [1.807, 2.05) is 0 Å². The van der Waals surface area contributed by atoms with Crippen LogP contribution in [0.25, 0.3) is 0 Å². The maximum absolute atomic E-state index is 13.5. The van der Waals surface area contributed by atoms with Crippen LogP contribution in [0.4, 0.5) is 8.78 Å². The molecule has 1 aliphatic carbocycles. The molecule has 1 nitrogen and oxygen atoms in total. The number of halogens is 2. The lowest BCUT2D eigenvalue weighted by Gasteiger charge is -2.23. The van der Waals surface area contributed by atoms with Crippen LogP contribution in [0.3, 0.4) is 0 Å². The summed E-state index contributed by atoms with van der Waals surface area (Å²) >= 11 is 0. The first-order chi connectivity index (χ1) is 8.66. The second-order valence-corrected chi connectivity index (χ2v) is 5.35. The third-order valence-corrected chi connectivity index (χ3v) is 3.97. The highest BCUT2D eigenvalue weighted by molar-refractivity contribution is 5.21. The summed E-state index contributed by atoms with van der Waals surface area (Å²) in [7, 11) is 0. The SMILES string of the molecule is NC(CCC1CCCCC1)c1cc(F)ccc1F. The Balaban J connectivity index is 1.90.